The number of hydrogen-bond donors (Lipinski definition) is 2. The van der Waals surface area contributed by atoms with Gasteiger partial charge >= 0.3 is 0 Å². The lowest BCUT2D eigenvalue weighted by molar-refractivity contribution is -0.132. The van der Waals surface area contributed by atoms with Crippen LogP contribution in [0.2, 0.25) is 0 Å². The van der Waals surface area contributed by atoms with Gasteiger partial charge in [0.2, 0.25) is 0 Å². The normalized spacial score (nSPS) is 57.3. The Bertz CT molecular complexity index is 461. The smallest absolute Gasteiger partial charge is 0.0545 e. The third-order valence-corrected chi connectivity index (χ3v) is 9.29. The van der Waals surface area contributed by atoms with Gasteiger partial charge in [-0.1, -0.05) is 13.8 Å². The molecule has 0 spiro atoms. The summed E-state index contributed by atoms with van der Waals surface area (Å²) >= 11 is 0. The second kappa shape index (κ2) is 5.46. The number of aliphatic hydroxyl groups is 2. The van der Waals surface area contributed by atoms with Crippen molar-refractivity contribution in [3.05, 3.63) is 0 Å². The SMILES string of the molecule is C[C@H](O)[C@H]1CC[C@H]2[C@@H]3CCC4C[C@H](O)CC[C@]4(C)[C@H]3CC[C@]12C. The van der Waals surface area contributed by atoms with Crippen LogP contribution < -0.4 is 0 Å². The highest BCUT2D eigenvalue weighted by Gasteiger charge is 2.60. The fourth-order valence-electron chi connectivity index (χ4n) is 8.07. The lowest BCUT2D eigenvalue weighted by Gasteiger charge is -2.61. The maximum Gasteiger partial charge on any atom is 0.0545 e. The fraction of sp³-hybridized carbons (Fsp3) is 1.00. The summed E-state index contributed by atoms with van der Waals surface area (Å²) < 4.78 is 0. The van der Waals surface area contributed by atoms with Gasteiger partial charge in [0.15, 0.2) is 0 Å². The quantitative estimate of drug-likeness (QED) is 0.752. The molecule has 0 saturated heterocycles. The molecule has 2 nitrogen and oxygen atoms in total. The van der Waals surface area contributed by atoms with Gasteiger partial charge in [-0.3, -0.25) is 0 Å². The molecule has 0 heterocycles. The molecule has 4 fully saturated rings. The Balaban J connectivity index is 1.60. The van der Waals surface area contributed by atoms with Crippen molar-refractivity contribution in [2.24, 2.45) is 40.4 Å². The van der Waals surface area contributed by atoms with E-state index >= 15 is 0 Å². The van der Waals surface area contributed by atoms with Crippen molar-refractivity contribution in [1.82, 2.24) is 0 Å². The highest BCUT2D eigenvalue weighted by Crippen LogP contribution is 2.67. The van der Waals surface area contributed by atoms with E-state index in [9.17, 15) is 10.2 Å². The first-order valence-corrected chi connectivity index (χ1v) is 10.2. The summed E-state index contributed by atoms with van der Waals surface area (Å²) in [5.74, 6) is 3.87. The Morgan fingerprint density at radius 1 is 0.870 bits per heavy atom. The average molecular weight is 321 g/mol. The molecule has 4 aliphatic rings. The van der Waals surface area contributed by atoms with Crippen LogP contribution in [0.4, 0.5) is 0 Å². The maximum absolute atomic E-state index is 10.3. The molecule has 0 aromatic heterocycles. The van der Waals surface area contributed by atoms with E-state index in [1.165, 1.54) is 44.9 Å². The van der Waals surface area contributed by atoms with E-state index in [0.29, 0.717) is 16.7 Å². The average Bonchev–Trinajstić information content (AvgIpc) is 2.85. The zero-order valence-corrected chi connectivity index (χ0v) is 15.3. The van der Waals surface area contributed by atoms with Crippen LogP contribution in [0, 0.1) is 40.4 Å². The molecule has 2 N–H and O–H groups in total. The molecule has 0 aliphatic heterocycles. The van der Waals surface area contributed by atoms with E-state index in [-0.39, 0.29) is 12.2 Å². The van der Waals surface area contributed by atoms with Crippen molar-refractivity contribution in [2.75, 3.05) is 0 Å². The molecule has 4 rings (SSSR count). The molecule has 0 radical (unpaired) electrons. The predicted octanol–water partition coefficient (Wildman–Crippen LogP) is 4.39. The minimum Gasteiger partial charge on any atom is -0.393 e. The van der Waals surface area contributed by atoms with Crippen molar-refractivity contribution < 1.29 is 10.2 Å². The zero-order valence-electron chi connectivity index (χ0n) is 15.3. The van der Waals surface area contributed by atoms with E-state index in [0.717, 1.165) is 36.5 Å². The largest absolute Gasteiger partial charge is 0.393 e. The Labute approximate surface area is 142 Å². The monoisotopic (exact) mass is 320 g/mol. The summed E-state index contributed by atoms with van der Waals surface area (Å²) in [4.78, 5) is 0. The first-order valence-electron chi connectivity index (χ1n) is 10.2. The second-order valence-corrected chi connectivity index (χ2v) is 10.1. The number of aliphatic hydroxyl groups excluding tert-OH is 2. The Kier molecular flexibility index (Phi) is 3.89. The van der Waals surface area contributed by atoms with Crippen LogP contribution in [-0.4, -0.2) is 22.4 Å². The molecule has 0 amide bonds. The van der Waals surface area contributed by atoms with Crippen molar-refractivity contribution in [3.63, 3.8) is 0 Å². The molecular formula is C21H36O2. The molecule has 0 aromatic rings. The van der Waals surface area contributed by atoms with Crippen LogP contribution in [-0.2, 0) is 0 Å². The van der Waals surface area contributed by atoms with Gasteiger partial charge in [0.1, 0.15) is 0 Å². The van der Waals surface area contributed by atoms with Crippen LogP contribution in [0.25, 0.3) is 0 Å². The topological polar surface area (TPSA) is 40.5 Å². The highest BCUT2D eigenvalue weighted by atomic mass is 16.3. The number of fused-ring (bicyclic) bond motifs is 5. The van der Waals surface area contributed by atoms with Crippen LogP contribution in [0.15, 0.2) is 0 Å². The second-order valence-electron chi connectivity index (χ2n) is 10.1. The molecule has 23 heavy (non-hydrogen) atoms. The summed E-state index contributed by atoms with van der Waals surface area (Å²) in [7, 11) is 0. The lowest BCUT2D eigenvalue weighted by Crippen LogP contribution is -2.54. The Morgan fingerprint density at radius 3 is 2.30 bits per heavy atom. The lowest BCUT2D eigenvalue weighted by atomic mass is 9.44. The molecule has 0 bridgehead atoms. The van der Waals surface area contributed by atoms with Crippen LogP contribution in [0.5, 0.6) is 0 Å². The minimum atomic E-state index is -0.140. The first-order chi connectivity index (χ1) is 10.9. The molecule has 4 aliphatic carbocycles. The predicted molar refractivity (Wildman–Crippen MR) is 92.9 cm³/mol. The van der Waals surface area contributed by atoms with E-state index in [2.05, 4.69) is 13.8 Å². The Morgan fingerprint density at radius 2 is 1.57 bits per heavy atom. The summed E-state index contributed by atoms with van der Waals surface area (Å²) in [5.41, 5.74) is 0.860. The molecular weight excluding hydrogens is 284 g/mol. The van der Waals surface area contributed by atoms with Gasteiger partial charge in [-0.15, -0.1) is 0 Å². The number of rotatable bonds is 1. The van der Waals surface area contributed by atoms with Crippen LogP contribution in [0.1, 0.15) is 78.6 Å². The summed E-state index contributed by atoms with van der Waals surface area (Å²) in [5, 5.41) is 20.4. The summed E-state index contributed by atoms with van der Waals surface area (Å²) in [6, 6.07) is 0. The summed E-state index contributed by atoms with van der Waals surface area (Å²) in [6.07, 6.45) is 11.1. The minimum absolute atomic E-state index is 0.0374. The molecule has 132 valence electrons. The standard InChI is InChI=1S/C21H36O2/c1-13(22)17-6-7-18-16-5-4-14-12-15(23)8-10-20(14,2)19(16)9-11-21(17,18)3/h13-19,22-23H,4-12H2,1-3H3/t13-,14?,15+,16-,17+,18-,19-,20-,21+/m0/s1. The highest BCUT2D eigenvalue weighted by molar-refractivity contribution is 5.09. The van der Waals surface area contributed by atoms with Crippen molar-refractivity contribution in [3.8, 4) is 0 Å². The van der Waals surface area contributed by atoms with Gasteiger partial charge in [0.05, 0.1) is 12.2 Å². The molecule has 9 atom stereocenters. The third-order valence-electron chi connectivity index (χ3n) is 9.29. The maximum atomic E-state index is 10.3. The van der Waals surface area contributed by atoms with Gasteiger partial charge in [0.25, 0.3) is 0 Å². The van der Waals surface area contributed by atoms with Gasteiger partial charge in [0, 0.05) is 0 Å². The van der Waals surface area contributed by atoms with E-state index < -0.39 is 0 Å². The molecule has 1 unspecified atom stereocenters. The van der Waals surface area contributed by atoms with E-state index in [1.807, 2.05) is 6.92 Å². The van der Waals surface area contributed by atoms with Gasteiger partial charge < -0.3 is 10.2 Å². The van der Waals surface area contributed by atoms with Crippen molar-refractivity contribution in [1.29, 1.82) is 0 Å². The summed E-state index contributed by atoms with van der Waals surface area (Å²) in [6.45, 7) is 7.08. The van der Waals surface area contributed by atoms with Crippen LogP contribution >= 0.6 is 0 Å². The van der Waals surface area contributed by atoms with E-state index in [1.54, 1.807) is 0 Å². The van der Waals surface area contributed by atoms with Gasteiger partial charge in [-0.05, 0) is 105 Å². The molecule has 2 heteroatoms. The Hall–Kier alpha value is -0.0800. The van der Waals surface area contributed by atoms with Crippen LogP contribution in [0.3, 0.4) is 0 Å². The van der Waals surface area contributed by atoms with Gasteiger partial charge in [-0.2, -0.15) is 0 Å². The molecule has 4 saturated carbocycles. The first kappa shape index (κ1) is 16.4. The zero-order chi connectivity index (χ0) is 16.4. The van der Waals surface area contributed by atoms with Crippen molar-refractivity contribution in [2.45, 2.75) is 90.8 Å². The fourth-order valence-corrected chi connectivity index (χ4v) is 8.07. The third kappa shape index (κ3) is 2.27. The molecule has 0 aromatic carbocycles. The number of hydrogen-bond acceptors (Lipinski definition) is 2. The van der Waals surface area contributed by atoms with Gasteiger partial charge in [-0.25, -0.2) is 0 Å². The van der Waals surface area contributed by atoms with Crippen molar-refractivity contribution >= 4 is 0 Å². The van der Waals surface area contributed by atoms with E-state index in [4.69, 9.17) is 0 Å².